The zero-order valence-electron chi connectivity index (χ0n) is 15.0. The van der Waals surface area contributed by atoms with Crippen LogP contribution in [0.15, 0.2) is 97.7 Å². The summed E-state index contributed by atoms with van der Waals surface area (Å²) in [5.41, 5.74) is 7.14. The Hall–Kier alpha value is -3.59. The molecule has 130 valence electrons. The summed E-state index contributed by atoms with van der Waals surface area (Å²) in [6, 6.07) is 27.6. The highest BCUT2D eigenvalue weighted by Crippen LogP contribution is 2.25. The molecule has 0 saturated carbocycles. The Morgan fingerprint density at radius 1 is 0.815 bits per heavy atom. The third kappa shape index (κ3) is 2.56. The SMILES string of the molecule is C=CC[n+]1c2ccccc2n2cc(-c3ccc(-c4ccccc4)cc3)[nH]c21. The molecule has 0 atom stereocenters. The molecule has 0 aliphatic heterocycles. The molecule has 0 amide bonds. The summed E-state index contributed by atoms with van der Waals surface area (Å²) >= 11 is 0. The number of para-hydroxylation sites is 2. The predicted molar refractivity (Wildman–Crippen MR) is 111 cm³/mol. The Morgan fingerprint density at radius 2 is 1.48 bits per heavy atom. The van der Waals surface area contributed by atoms with Crippen LogP contribution in [-0.2, 0) is 6.54 Å². The second-order valence-corrected chi connectivity index (χ2v) is 6.69. The highest BCUT2D eigenvalue weighted by Gasteiger charge is 2.20. The van der Waals surface area contributed by atoms with Gasteiger partial charge >= 0.3 is 5.78 Å². The van der Waals surface area contributed by atoms with Crippen LogP contribution in [0, 0.1) is 0 Å². The largest absolute Gasteiger partial charge is 0.368 e. The number of aromatic nitrogens is 3. The van der Waals surface area contributed by atoms with Crippen molar-refractivity contribution in [2.45, 2.75) is 6.54 Å². The molecule has 3 heteroatoms. The van der Waals surface area contributed by atoms with Crippen molar-refractivity contribution in [3.63, 3.8) is 0 Å². The molecule has 0 radical (unpaired) electrons. The van der Waals surface area contributed by atoms with E-state index in [2.05, 4.69) is 99.5 Å². The van der Waals surface area contributed by atoms with Gasteiger partial charge in [-0.3, -0.25) is 0 Å². The van der Waals surface area contributed by atoms with E-state index in [4.69, 9.17) is 0 Å². The smallest absolute Gasteiger partial charge is 0.241 e. The van der Waals surface area contributed by atoms with Crippen LogP contribution in [0.2, 0.25) is 0 Å². The van der Waals surface area contributed by atoms with Gasteiger partial charge in [-0.25, -0.2) is 9.55 Å². The van der Waals surface area contributed by atoms with Crippen LogP contribution in [-0.4, -0.2) is 9.38 Å². The molecule has 3 aromatic carbocycles. The second-order valence-electron chi connectivity index (χ2n) is 6.69. The summed E-state index contributed by atoms with van der Waals surface area (Å²) in [6.07, 6.45) is 4.11. The average molecular weight is 350 g/mol. The Bertz CT molecular complexity index is 1240. The lowest BCUT2D eigenvalue weighted by atomic mass is 10.0. The van der Waals surface area contributed by atoms with E-state index in [1.54, 1.807) is 0 Å². The summed E-state index contributed by atoms with van der Waals surface area (Å²) in [4.78, 5) is 3.59. The van der Waals surface area contributed by atoms with Gasteiger partial charge < -0.3 is 0 Å². The van der Waals surface area contributed by atoms with Crippen molar-refractivity contribution in [2.24, 2.45) is 0 Å². The zero-order chi connectivity index (χ0) is 18.2. The number of fused-ring (bicyclic) bond motifs is 3. The van der Waals surface area contributed by atoms with Crippen molar-refractivity contribution in [2.75, 3.05) is 0 Å². The van der Waals surface area contributed by atoms with Gasteiger partial charge in [0.2, 0.25) is 0 Å². The first-order valence-electron chi connectivity index (χ1n) is 9.13. The van der Waals surface area contributed by atoms with Crippen LogP contribution in [0.3, 0.4) is 0 Å². The summed E-state index contributed by atoms with van der Waals surface area (Å²) in [5.74, 6) is 1.07. The fourth-order valence-corrected chi connectivity index (χ4v) is 3.73. The van der Waals surface area contributed by atoms with Crippen molar-refractivity contribution >= 4 is 16.8 Å². The molecule has 0 unspecified atom stereocenters. The van der Waals surface area contributed by atoms with Gasteiger partial charge in [-0.05, 0) is 23.3 Å². The highest BCUT2D eigenvalue weighted by atomic mass is 15.2. The van der Waals surface area contributed by atoms with E-state index in [1.165, 1.54) is 27.7 Å². The molecule has 0 aliphatic rings. The fourth-order valence-electron chi connectivity index (χ4n) is 3.73. The quantitative estimate of drug-likeness (QED) is 0.339. The molecule has 0 bridgehead atoms. The highest BCUT2D eigenvalue weighted by molar-refractivity contribution is 5.77. The van der Waals surface area contributed by atoms with Crippen LogP contribution >= 0.6 is 0 Å². The number of hydrogen-bond acceptors (Lipinski definition) is 0. The van der Waals surface area contributed by atoms with E-state index >= 15 is 0 Å². The first kappa shape index (κ1) is 15.6. The van der Waals surface area contributed by atoms with E-state index in [0.29, 0.717) is 0 Å². The maximum absolute atomic E-state index is 3.91. The van der Waals surface area contributed by atoms with Crippen LogP contribution < -0.4 is 4.57 Å². The minimum atomic E-state index is 0.768. The van der Waals surface area contributed by atoms with E-state index in [-0.39, 0.29) is 0 Å². The molecule has 3 nitrogen and oxygen atoms in total. The Labute approximate surface area is 157 Å². The summed E-state index contributed by atoms with van der Waals surface area (Å²) in [7, 11) is 0. The van der Waals surface area contributed by atoms with Crippen LogP contribution in [0.25, 0.3) is 39.2 Å². The van der Waals surface area contributed by atoms with Gasteiger partial charge in [-0.1, -0.05) is 79.4 Å². The number of H-pyrrole nitrogens is 1. The van der Waals surface area contributed by atoms with Gasteiger partial charge in [-0.15, -0.1) is 0 Å². The lowest BCUT2D eigenvalue weighted by molar-refractivity contribution is -0.636. The van der Waals surface area contributed by atoms with Crippen molar-refractivity contribution in [3.8, 4) is 22.4 Å². The molecule has 0 saturated heterocycles. The number of rotatable bonds is 4. The van der Waals surface area contributed by atoms with E-state index in [9.17, 15) is 0 Å². The molecule has 0 aliphatic carbocycles. The fraction of sp³-hybridized carbons (Fsp3) is 0.0417. The standard InChI is InChI=1S/C24H19N3/c1-2-16-26-22-10-6-7-11-23(22)27-17-21(25-24(26)27)20-14-12-19(13-15-20)18-8-4-3-5-9-18/h2-15,17H,1,16H2/p+1. The molecular formula is C24H20N3+. The van der Waals surface area contributed by atoms with Gasteiger partial charge in [0.15, 0.2) is 0 Å². The van der Waals surface area contributed by atoms with E-state index in [0.717, 1.165) is 18.0 Å². The summed E-state index contributed by atoms with van der Waals surface area (Å²) < 4.78 is 4.48. The third-order valence-corrected chi connectivity index (χ3v) is 5.04. The first-order chi connectivity index (χ1) is 13.3. The molecule has 0 fully saturated rings. The topological polar surface area (TPSA) is 24.1 Å². The number of hydrogen-bond donors (Lipinski definition) is 1. The molecule has 5 rings (SSSR count). The number of aromatic amines is 1. The Morgan fingerprint density at radius 3 is 2.26 bits per heavy atom. The van der Waals surface area contributed by atoms with Gasteiger partial charge in [0.05, 0.1) is 6.54 Å². The van der Waals surface area contributed by atoms with E-state index < -0.39 is 0 Å². The number of nitrogens with zero attached hydrogens (tertiary/aromatic N) is 2. The number of imidazole rings is 2. The number of benzene rings is 3. The Kier molecular flexibility index (Phi) is 3.65. The van der Waals surface area contributed by atoms with Crippen LogP contribution in [0.5, 0.6) is 0 Å². The predicted octanol–water partition coefficient (Wildman–Crippen LogP) is 5.23. The van der Waals surface area contributed by atoms with Gasteiger partial charge in [0.25, 0.3) is 0 Å². The average Bonchev–Trinajstić information content (AvgIpc) is 3.28. The molecule has 27 heavy (non-hydrogen) atoms. The Balaban J connectivity index is 1.61. The maximum atomic E-state index is 3.91. The number of allylic oxidation sites excluding steroid dienone is 1. The van der Waals surface area contributed by atoms with Crippen molar-refractivity contribution in [1.29, 1.82) is 0 Å². The molecular weight excluding hydrogens is 330 g/mol. The van der Waals surface area contributed by atoms with Gasteiger partial charge in [0, 0.05) is 5.56 Å². The van der Waals surface area contributed by atoms with Crippen molar-refractivity contribution in [1.82, 2.24) is 9.38 Å². The third-order valence-electron chi connectivity index (χ3n) is 5.04. The van der Waals surface area contributed by atoms with Crippen molar-refractivity contribution < 1.29 is 4.57 Å². The monoisotopic (exact) mass is 350 g/mol. The van der Waals surface area contributed by atoms with Gasteiger partial charge in [-0.2, -0.15) is 4.40 Å². The van der Waals surface area contributed by atoms with Gasteiger partial charge in [0.1, 0.15) is 22.9 Å². The number of nitrogens with one attached hydrogen (secondary N) is 1. The molecule has 2 aromatic heterocycles. The minimum Gasteiger partial charge on any atom is -0.241 e. The van der Waals surface area contributed by atoms with Crippen LogP contribution in [0.4, 0.5) is 0 Å². The molecule has 5 aromatic rings. The van der Waals surface area contributed by atoms with E-state index in [1.807, 2.05) is 12.1 Å². The normalized spacial score (nSPS) is 11.3. The molecule has 0 spiro atoms. The maximum Gasteiger partial charge on any atom is 0.368 e. The molecule has 1 N–H and O–H groups in total. The summed E-state index contributed by atoms with van der Waals surface area (Å²) in [6.45, 7) is 4.68. The van der Waals surface area contributed by atoms with Crippen molar-refractivity contribution in [3.05, 3.63) is 97.7 Å². The first-order valence-corrected chi connectivity index (χ1v) is 9.13. The lowest BCUT2D eigenvalue weighted by Gasteiger charge is -2.02. The van der Waals surface area contributed by atoms with Crippen LogP contribution in [0.1, 0.15) is 0 Å². The lowest BCUT2D eigenvalue weighted by Crippen LogP contribution is -2.32. The second kappa shape index (κ2) is 6.29. The zero-order valence-corrected chi connectivity index (χ0v) is 15.0. The minimum absolute atomic E-state index is 0.768. The molecule has 2 heterocycles. The summed E-state index contributed by atoms with van der Waals surface area (Å²) in [5, 5.41) is 0.